The molecule has 4 N–H and O–H groups in total. The van der Waals surface area contributed by atoms with Crippen molar-refractivity contribution in [1.82, 2.24) is 24.1 Å². The average molecular weight is 732 g/mol. The van der Waals surface area contributed by atoms with E-state index in [1.54, 1.807) is 12.2 Å². The first-order chi connectivity index (χ1) is 27.3. The van der Waals surface area contributed by atoms with Crippen molar-refractivity contribution in [1.29, 1.82) is 0 Å². The Hall–Kier alpha value is -7.33. The molecule has 56 heavy (non-hydrogen) atoms. The van der Waals surface area contributed by atoms with Crippen LogP contribution in [0.2, 0.25) is 0 Å². The van der Waals surface area contributed by atoms with Gasteiger partial charge >= 0.3 is 0 Å². The molecule has 0 bridgehead atoms. The standard InChI is InChI=1S/C46H34BN5O4/c1-27(53)42(55)39(43(56)38(54)26-47)29-15-12-16-30(25-29)45-48-44(28-13-4-2-5-14-28)49-46(50-45)52-36-22-11-9-20-34(36)40-37(52)24-23-33-32-19-8-10-21-35(32)51(41(33)40)31-17-6-3-7-18-31/h2-11,13-15,17-26,53-56H,12,16H2,1H3/b38-26-,42-27-,43-39+. The number of benzene rings is 5. The molecule has 1 aliphatic carbocycles. The van der Waals surface area contributed by atoms with E-state index in [4.69, 9.17) is 22.8 Å². The smallest absolute Gasteiger partial charge is 0.238 e. The van der Waals surface area contributed by atoms with Gasteiger partial charge in [0.05, 0.1) is 27.6 Å². The summed E-state index contributed by atoms with van der Waals surface area (Å²) in [4.78, 5) is 15.3. The molecule has 270 valence electrons. The van der Waals surface area contributed by atoms with Crippen molar-refractivity contribution in [3.05, 3.63) is 179 Å². The van der Waals surface area contributed by atoms with Crippen LogP contribution in [0.3, 0.4) is 0 Å². The maximum atomic E-state index is 10.9. The van der Waals surface area contributed by atoms with Gasteiger partial charge in [-0.1, -0.05) is 103 Å². The second-order valence-electron chi connectivity index (χ2n) is 13.6. The third-order valence-corrected chi connectivity index (χ3v) is 10.2. The largest absolute Gasteiger partial charge is 0.509 e. The summed E-state index contributed by atoms with van der Waals surface area (Å²) in [6.45, 7) is 1.28. The van der Waals surface area contributed by atoms with E-state index in [1.807, 2.05) is 48.5 Å². The quantitative estimate of drug-likeness (QED) is 0.0729. The fourth-order valence-electron chi connectivity index (χ4n) is 7.72. The van der Waals surface area contributed by atoms with Gasteiger partial charge in [0.15, 0.2) is 23.2 Å². The zero-order chi connectivity index (χ0) is 38.5. The molecule has 0 unspecified atom stereocenters. The highest BCUT2D eigenvalue weighted by atomic mass is 16.3. The minimum atomic E-state index is -0.687. The minimum absolute atomic E-state index is 0.181. The van der Waals surface area contributed by atoms with Gasteiger partial charge in [-0.05, 0) is 67.3 Å². The molecule has 0 saturated heterocycles. The van der Waals surface area contributed by atoms with Crippen molar-refractivity contribution in [2.45, 2.75) is 19.8 Å². The molecule has 0 spiro atoms. The Balaban J connectivity index is 1.33. The lowest BCUT2D eigenvalue weighted by atomic mass is 9.91. The molecular formula is C46H34BN5O4. The van der Waals surface area contributed by atoms with E-state index < -0.39 is 23.0 Å². The Morgan fingerprint density at radius 2 is 1.29 bits per heavy atom. The zero-order valence-corrected chi connectivity index (χ0v) is 30.3. The summed E-state index contributed by atoms with van der Waals surface area (Å²) in [5.41, 5.74) is 6.73. The second-order valence-corrected chi connectivity index (χ2v) is 13.6. The van der Waals surface area contributed by atoms with Crippen LogP contribution in [-0.4, -0.2) is 52.4 Å². The normalized spacial score (nSPS) is 14.6. The van der Waals surface area contributed by atoms with Gasteiger partial charge < -0.3 is 25.0 Å². The molecule has 8 aromatic rings. The van der Waals surface area contributed by atoms with E-state index in [0.29, 0.717) is 41.6 Å². The Morgan fingerprint density at radius 3 is 2.00 bits per heavy atom. The van der Waals surface area contributed by atoms with Crippen LogP contribution in [0.15, 0.2) is 174 Å². The molecule has 0 amide bonds. The first kappa shape index (κ1) is 34.4. The van der Waals surface area contributed by atoms with Gasteiger partial charge in [0, 0.05) is 32.8 Å². The second kappa shape index (κ2) is 13.8. The van der Waals surface area contributed by atoms with Crippen LogP contribution in [0.4, 0.5) is 0 Å². The average Bonchev–Trinajstić information content (AvgIpc) is 3.77. The third-order valence-electron chi connectivity index (χ3n) is 10.2. The van der Waals surface area contributed by atoms with E-state index in [9.17, 15) is 20.4 Å². The van der Waals surface area contributed by atoms with Crippen LogP contribution in [0.1, 0.15) is 25.6 Å². The van der Waals surface area contributed by atoms with Gasteiger partial charge in [0.2, 0.25) is 5.95 Å². The predicted molar refractivity (Wildman–Crippen MR) is 223 cm³/mol. The molecule has 9 rings (SSSR count). The minimum Gasteiger partial charge on any atom is -0.509 e. The van der Waals surface area contributed by atoms with Crippen LogP contribution in [-0.2, 0) is 0 Å². The molecule has 0 saturated carbocycles. The lowest BCUT2D eigenvalue weighted by Gasteiger charge is -2.18. The maximum absolute atomic E-state index is 10.9. The highest BCUT2D eigenvalue weighted by Crippen LogP contribution is 2.42. The number of nitrogens with zero attached hydrogens (tertiary/aromatic N) is 5. The van der Waals surface area contributed by atoms with Gasteiger partial charge in [0.25, 0.3) is 0 Å². The highest BCUT2D eigenvalue weighted by molar-refractivity contribution is 6.26. The lowest BCUT2D eigenvalue weighted by molar-refractivity contribution is 0.306. The van der Waals surface area contributed by atoms with Crippen molar-refractivity contribution in [2.75, 3.05) is 0 Å². The van der Waals surface area contributed by atoms with Gasteiger partial charge in [-0.3, -0.25) is 4.57 Å². The first-order valence-corrected chi connectivity index (χ1v) is 18.2. The van der Waals surface area contributed by atoms with Crippen LogP contribution in [0, 0.1) is 0 Å². The molecule has 0 atom stereocenters. The summed E-state index contributed by atoms with van der Waals surface area (Å²) in [6.07, 6.45) is 4.55. The molecule has 0 fully saturated rings. The van der Waals surface area contributed by atoms with Crippen LogP contribution in [0.25, 0.3) is 72.2 Å². The molecule has 0 aliphatic heterocycles. The topological polar surface area (TPSA) is 129 Å². The number of allylic oxidation sites excluding steroid dienone is 5. The third kappa shape index (κ3) is 5.62. The monoisotopic (exact) mass is 731 g/mol. The summed E-state index contributed by atoms with van der Waals surface area (Å²) in [6, 6.07) is 41.1. The Kier molecular flexibility index (Phi) is 8.50. The number of para-hydroxylation sites is 3. The molecule has 9 nitrogen and oxygen atoms in total. The van der Waals surface area contributed by atoms with Crippen molar-refractivity contribution in [3.63, 3.8) is 0 Å². The van der Waals surface area contributed by atoms with E-state index >= 15 is 0 Å². The first-order valence-electron chi connectivity index (χ1n) is 18.2. The Bertz CT molecular complexity index is 3020. The molecule has 1 aliphatic rings. The van der Waals surface area contributed by atoms with Crippen molar-refractivity contribution < 1.29 is 20.4 Å². The van der Waals surface area contributed by atoms with Crippen LogP contribution in [0.5, 0.6) is 0 Å². The highest BCUT2D eigenvalue weighted by Gasteiger charge is 2.25. The number of rotatable bonds is 7. The van der Waals surface area contributed by atoms with Crippen LogP contribution < -0.4 is 0 Å². The molecule has 5 aromatic carbocycles. The van der Waals surface area contributed by atoms with Crippen LogP contribution >= 0.6 is 0 Å². The van der Waals surface area contributed by atoms with Crippen molar-refractivity contribution in [2.24, 2.45) is 0 Å². The number of aromatic nitrogens is 5. The van der Waals surface area contributed by atoms with E-state index in [0.717, 1.165) is 60.8 Å². The Labute approximate surface area is 322 Å². The lowest BCUT2D eigenvalue weighted by Crippen LogP contribution is -2.10. The van der Waals surface area contributed by atoms with Crippen molar-refractivity contribution in [3.8, 4) is 23.0 Å². The molecule has 10 heteroatoms. The summed E-state index contributed by atoms with van der Waals surface area (Å²) >= 11 is 0. The van der Waals surface area contributed by atoms with Gasteiger partial charge in [-0.2, -0.15) is 9.97 Å². The molecular weight excluding hydrogens is 697 g/mol. The summed E-state index contributed by atoms with van der Waals surface area (Å²) in [7, 11) is 5.50. The fourth-order valence-corrected chi connectivity index (χ4v) is 7.72. The summed E-state index contributed by atoms with van der Waals surface area (Å²) < 4.78 is 4.41. The molecule has 3 heterocycles. The fraction of sp³-hybridized carbons (Fsp3) is 0.0652. The number of aliphatic hydroxyl groups excluding tert-OH is 4. The van der Waals surface area contributed by atoms with Gasteiger partial charge in [0.1, 0.15) is 19.4 Å². The molecule has 2 radical (unpaired) electrons. The number of hydrogen-bond donors (Lipinski definition) is 4. The number of aliphatic hydroxyl groups is 4. The van der Waals surface area contributed by atoms with E-state index in [2.05, 4.69) is 81.9 Å². The maximum Gasteiger partial charge on any atom is 0.238 e. The van der Waals surface area contributed by atoms with Gasteiger partial charge in [-0.25, -0.2) is 4.98 Å². The summed E-state index contributed by atoms with van der Waals surface area (Å²) in [5.74, 6) is -0.315. The van der Waals surface area contributed by atoms with Gasteiger partial charge in [-0.15, -0.1) is 0 Å². The summed E-state index contributed by atoms with van der Waals surface area (Å²) in [5, 5.41) is 46.8. The number of fused-ring (bicyclic) bond motifs is 7. The zero-order valence-electron chi connectivity index (χ0n) is 30.3. The number of hydrogen-bond acceptors (Lipinski definition) is 7. The SMILES string of the molecule is [B]/C=C(O)/C(O)=C(C1=CCCC(c2nc(-c3ccccc3)nc(-n3c4ccccc4c4c3ccc3c5ccccc5n(-c5ccccc5)c34)n2)=C1)\C(O)=C(/C)O. The Morgan fingerprint density at radius 1 is 0.643 bits per heavy atom. The predicted octanol–water partition coefficient (Wildman–Crippen LogP) is 10.6. The van der Waals surface area contributed by atoms with Crippen molar-refractivity contribution >= 4 is 57.0 Å². The van der Waals surface area contributed by atoms with E-state index in [1.165, 1.54) is 6.92 Å². The van der Waals surface area contributed by atoms with E-state index in [-0.39, 0.29) is 5.57 Å². The molecule has 3 aromatic heterocycles.